The van der Waals surface area contributed by atoms with Crippen LogP contribution in [0.1, 0.15) is 35.5 Å². The minimum atomic E-state index is -0.389. The lowest BCUT2D eigenvalue weighted by molar-refractivity contribution is -0.0218. The highest BCUT2D eigenvalue weighted by molar-refractivity contribution is 6.04. The number of hydrogen-bond donors (Lipinski definition) is 1. The summed E-state index contributed by atoms with van der Waals surface area (Å²) in [6.07, 6.45) is 2.08. The van der Waals surface area contributed by atoms with E-state index in [2.05, 4.69) is 11.1 Å². The van der Waals surface area contributed by atoms with Gasteiger partial charge in [-0.25, -0.2) is 5.01 Å². The Kier molecular flexibility index (Phi) is 3.38. The monoisotopic (exact) mass is 343 g/mol. The quantitative estimate of drug-likeness (QED) is 0.763. The number of aromatic hydroxyl groups is 1. The summed E-state index contributed by atoms with van der Waals surface area (Å²) in [6, 6.07) is 21.2. The molecule has 2 aliphatic rings. The summed E-state index contributed by atoms with van der Waals surface area (Å²) in [7, 11) is 0. The van der Waals surface area contributed by atoms with Crippen molar-refractivity contribution in [3.05, 3.63) is 89.7 Å². The van der Waals surface area contributed by atoms with Crippen LogP contribution in [0.5, 0.6) is 11.5 Å². The molecule has 1 aromatic heterocycles. The first-order valence-electron chi connectivity index (χ1n) is 8.62. The molecule has 5 nitrogen and oxygen atoms in total. The number of pyridine rings is 1. The van der Waals surface area contributed by atoms with Crippen LogP contribution < -0.4 is 4.74 Å². The Balaban J connectivity index is 1.62. The summed E-state index contributed by atoms with van der Waals surface area (Å²) in [5, 5.41) is 17.0. The number of rotatable bonds is 2. The van der Waals surface area contributed by atoms with Gasteiger partial charge in [-0.3, -0.25) is 4.98 Å². The van der Waals surface area contributed by atoms with Crippen LogP contribution in [0.15, 0.2) is 78.0 Å². The van der Waals surface area contributed by atoms with Crippen molar-refractivity contribution < 1.29 is 9.84 Å². The van der Waals surface area contributed by atoms with Gasteiger partial charge < -0.3 is 9.84 Å². The zero-order valence-electron chi connectivity index (χ0n) is 14.0. The molecule has 0 saturated carbocycles. The highest BCUT2D eigenvalue weighted by Gasteiger charge is 2.41. The Morgan fingerprint density at radius 2 is 1.77 bits per heavy atom. The molecule has 3 aromatic rings. The lowest BCUT2D eigenvalue weighted by atomic mass is 9.96. The standard InChI is InChI=1S/C21H17N3O2/c25-19-10-3-1-7-14(19)17-13-18-15-8-2-4-11-20(15)26-21(24(18)23-17)16-9-5-6-12-22-16/h1-12,18,21,25H,13H2/t18-,21-/m1/s1. The molecule has 0 saturated heterocycles. The molecule has 128 valence electrons. The average molecular weight is 343 g/mol. The zero-order valence-corrected chi connectivity index (χ0v) is 14.0. The maximum Gasteiger partial charge on any atom is 0.230 e. The summed E-state index contributed by atoms with van der Waals surface area (Å²) in [6.45, 7) is 0. The molecule has 0 fully saturated rings. The van der Waals surface area contributed by atoms with Gasteiger partial charge in [0.05, 0.1) is 11.8 Å². The van der Waals surface area contributed by atoms with Gasteiger partial charge in [0, 0.05) is 23.7 Å². The van der Waals surface area contributed by atoms with Crippen LogP contribution in [-0.4, -0.2) is 20.8 Å². The lowest BCUT2D eigenvalue weighted by Gasteiger charge is -2.37. The van der Waals surface area contributed by atoms with E-state index in [9.17, 15) is 5.11 Å². The normalized spacial score (nSPS) is 20.8. The van der Waals surface area contributed by atoms with Gasteiger partial charge in [0.1, 0.15) is 17.2 Å². The molecule has 0 aliphatic carbocycles. The van der Waals surface area contributed by atoms with Gasteiger partial charge in [-0.1, -0.05) is 36.4 Å². The average Bonchev–Trinajstić information content (AvgIpc) is 3.14. The maximum absolute atomic E-state index is 10.2. The number of ether oxygens (including phenoxy) is 1. The number of para-hydroxylation sites is 2. The second-order valence-corrected chi connectivity index (χ2v) is 6.43. The van der Waals surface area contributed by atoms with Gasteiger partial charge in [0.25, 0.3) is 0 Å². The Bertz CT molecular complexity index is 987. The van der Waals surface area contributed by atoms with E-state index < -0.39 is 0 Å². The first-order valence-corrected chi connectivity index (χ1v) is 8.62. The van der Waals surface area contributed by atoms with E-state index >= 15 is 0 Å². The second kappa shape index (κ2) is 5.88. The van der Waals surface area contributed by atoms with Crippen LogP contribution in [0, 0.1) is 0 Å². The molecule has 1 N–H and O–H groups in total. The predicted octanol–water partition coefficient (Wildman–Crippen LogP) is 4.03. The van der Waals surface area contributed by atoms with Gasteiger partial charge in [-0.15, -0.1) is 0 Å². The third-order valence-corrected chi connectivity index (χ3v) is 4.85. The van der Waals surface area contributed by atoms with Crippen molar-refractivity contribution in [1.82, 2.24) is 9.99 Å². The van der Waals surface area contributed by atoms with E-state index in [-0.39, 0.29) is 18.0 Å². The molecule has 2 atom stereocenters. The topological polar surface area (TPSA) is 58.0 Å². The number of aromatic nitrogens is 1. The minimum Gasteiger partial charge on any atom is -0.507 e. The number of nitrogens with zero attached hydrogens (tertiary/aromatic N) is 3. The molecule has 5 rings (SSSR count). The Morgan fingerprint density at radius 1 is 0.962 bits per heavy atom. The fraction of sp³-hybridized carbons (Fsp3) is 0.143. The second-order valence-electron chi connectivity index (χ2n) is 6.43. The summed E-state index contributed by atoms with van der Waals surface area (Å²) in [5.41, 5.74) is 3.54. The van der Waals surface area contributed by atoms with Gasteiger partial charge in [-0.05, 0) is 30.3 Å². The minimum absolute atomic E-state index is 0.0570. The molecular weight excluding hydrogens is 326 g/mol. The molecule has 0 radical (unpaired) electrons. The van der Waals surface area contributed by atoms with Gasteiger partial charge in [-0.2, -0.15) is 5.10 Å². The molecule has 0 spiro atoms. The fourth-order valence-corrected chi connectivity index (χ4v) is 3.63. The maximum atomic E-state index is 10.2. The highest BCUT2D eigenvalue weighted by Crippen LogP contribution is 2.47. The van der Waals surface area contributed by atoms with E-state index in [0.29, 0.717) is 6.42 Å². The van der Waals surface area contributed by atoms with Crippen LogP contribution in [0.3, 0.4) is 0 Å². The van der Waals surface area contributed by atoms with E-state index in [0.717, 1.165) is 28.3 Å². The smallest absolute Gasteiger partial charge is 0.230 e. The molecule has 3 heterocycles. The summed E-state index contributed by atoms with van der Waals surface area (Å²) in [4.78, 5) is 4.47. The summed E-state index contributed by atoms with van der Waals surface area (Å²) < 4.78 is 6.24. The van der Waals surface area contributed by atoms with Gasteiger partial charge >= 0.3 is 0 Å². The first-order chi connectivity index (χ1) is 12.8. The molecular formula is C21H17N3O2. The van der Waals surface area contributed by atoms with Crippen molar-refractivity contribution in [2.45, 2.75) is 18.7 Å². The first kappa shape index (κ1) is 15.0. The third kappa shape index (κ3) is 2.32. The van der Waals surface area contributed by atoms with E-state index in [1.54, 1.807) is 12.3 Å². The highest BCUT2D eigenvalue weighted by atomic mass is 16.5. The number of hydrazone groups is 1. The fourth-order valence-electron chi connectivity index (χ4n) is 3.63. The Labute approximate surface area is 151 Å². The number of phenols is 1. The van der Waals surface area contributed by atoms with Crippen LogP contribution >= 0.6 is 0 Å². The van der Waals surface area contributed by atoms with Crippen LogP contribution in [0.4, 0.5) is 0 Å². The van der Waals surface area contributed by atoms with Crippen molar-refractivity contribution in [2.75, 3.05) is 0 Å². The predicted molar refractivity (Wildman–Crippen MR) is 97.9 cm³/mol. The molecule has 2 aromatic carbocycles. The van der Waals surface area contributed by atoms with Crippen molar-refractivity contribution in [3.8, 4) is 11.5 Å². The number of hydrogen-bond acceptors (Lipinski definition) is 5. The molecule has 2 aliphatic heterocycles. The van der Waals surface area contributed by atoms with Gasteiger partial charge in [0.15, 0.2) is 0 Å². The molecule has 0 unspecified atom stereocenters. The van der Waals surface area contributed by atoms with E-state index in [1.807, 2.05) is 59.6 Å². The summed E-state index contributed by atoms with van der Waals surface area (Å²) in [5.74, 6) is 1.10. The van der Waals surface area contributed by atoms with E-state index in [4.69, 9.17) is 9.84 Å². The van der Waals surface area contributed by atoms with E-state index in [1.165, 1.54) is 0 Å². The number of phenolic OH excluding ortho intramolecular Hbond substituents is 1. The molecule has 0 amide bonds. The van der Waals surface area contributed by atoms with Gasteiger partial charge in [0.2, 0.25) is 6.23 Å². The molecule has 0 bridgehead atoms. The largest absolute Gasteiger partial charge is 0.507 e. The molecule has 26 heavy (non-hydrogen) atoms. The number of fused-ring (bicyclic) bond motifs is 3. The van der Waals surface area contributed by atoms with Crippen LogP contribution in [0.25, 0.3) is 0 Å². The van der Waals surface area contributed by atoms with Crippen LogP contribution in [-0.2, 0) is 0 Å². The van der Waals surface area contributed by atoms with Crippen molar-refractivity contribution >= 4 is 5.71 Å². The lowest BCUT2D eigenvalue weighted by Crippen LogP contribution is -2.34. The number of benzene rings is 2. The van der Waals surface area contributed by atoms with Crippen molar-refractivity contribution in [3.63, 3.8) is 0 Å². The zero-order chi connectivity index (χ0) is 17.5. The Hall–Kier alpha value is -3.34. The van der Waals surface area contributed by atoms with Crippen LogP contribution in [0.2, 0.25) is 0 Å². The van der Waals surface area contributed by atoms with Crippen molar-refractivity contribution in [2.24, 2.45) is 5.10 Å². The Morgan fingerprint density at radius 3 is 2.62 bits per heavy atom. The summed E-state index contributed by atoms with van der Waals surface area (Å²) >= 11 is 0. The SMILES string of the molecule is Oc1ccccc1C1=NN2[C@H](C1)c1ccccc1O[C@@H]2c1ccccn1. The van der Waals surface area contributed by atoms with Crippen molar-refractivity contribution in [1.29, 1.82) is 0 Å². The molecule has 5 heteroatoms. The third-order valence-electron chi connectivity index (χ3n) is 4.85.